The van der Waals surface area contributed by atoms with E-state index in [2.05, 4.69) is 36.2 Å². The van der Waals surface area contributed by atoms with E-state index in [1.54, 1.807) is 14.2 Å². The molecule has 1 unspecified atom stereocenters. The van der Waals surface area contributed by atoms with E-state index in [1.165, 1.54) is 0 Å². The number of ether oxygens (including phenoxy) is 2. The number of rotatable bonds is 6. The number of hydrogen-bond donors (Lipinski definition) is 1. The average molecular weight is 243 g/mol. The van der Waals surface area contributed by atoms with Crippen LogP contribution >= 0.6 is 0 Å². The first-order valence-electron chi connectivity index (χ1n) is 5.58. The van der Waals surface area contributed by atoms with Crippen molar-refractivity contribution in [1.82, 2.24) is 10.1 Å². The summed E-state index contributed by atoms with van der Waals surface area (Å²) in [6, 6.07) is 0.392. The van der Waals surface area contributed by atoms with E-state index in [1.807, 2.05) is 0 Å². The van der Waals surface area contributed by atoms with E-state index in [-0.39, 0.29) is 11.5 Å². The molecule has 98 valence electrons. The summed E-state index contributed by atoms with van der Waals surface area (Å²) in [5.41, 5.74) is -0.0809. The van der Waals surface area contributed by atoms with Gasteiger partial charge in [-0.1, -0.05) is 25.9 Å². The van der Waals surface area contributed by atoms with Crippen LogP contribution in [0.25, 0.3) is 0 Å². The Balaban J connectivity index is 2.66. The minimum absolute atomic E-state index is 0.0809. The Morgan fingerprint density at radius 2 is 2.06 bits per heavy atom. The van der Waals surface area contributed by atoms with Crippen molar-refractivity contribution in [3.8, 4) is 0 Å². The van der Waals surface area contributed by atoms with Crippen molar-refractivity contribution in [2.45, 2.75) is 26.9 Å². The number of hydrogen-bond acceptors (Lipinski definition) is 6. The number of anilines is 1. The van der Waals surface area contributed by atoms with Crippen molar-refractivity contribution >= 4 is 6.01 Å². The fourth-order valence-electron chi connectivity index (χ4n) is 1.52. The van der Waals surface area contributed by atoms with Gasteiger partial charge in [-0.05, 0) is 5.41 Å². The summed E-state index contributed by atoms with van der Waals surface area (Å²) in [6.07, 6.45) is -0.191. The fourth-order valence-corrected chi connectivity index (χ4v) is 1.52. The molecule has 1 atom stereocenters. The minimum Gasteiger partial charge on any atom is -0.383 e. The van der Waals surface area contributed by atoms with Crippen LogP contribution in [-0.4, -0.2) is 37.5 Å². The molecule has 0 radical (unpaired) electrons. The number of nitrogens with one attached hydrogen (secondary N) is 1. The topological polar surface area (TPSA) is 69.4 Å². The Morgan fingerprint density at radius 1 is 1.35 bits per heavy atom. The zero-order chi connectivity index (χ0) is 12.9. The molecule has 0 aliphatic heterocycles. The Kier molecular flexibility index (Phi) is 4.89. The quantitative estimate of drug-likeness (QED) is 0.769. The lowest BCUT2D eigenvalue weighted by Crippen LogP contribution is -2.21. The minimum atomic E-state index is -0.191. The smallest absolute Gasteiger partial charge is 0.321 e. The summed E-state index contributed by atoms with van der Waals surface area (Å²) in [5, 5.41) is 6.89. The molecule has 1 heterocycles. The highest BCUT2D eigenvalue weighted by Gasteiger charge is 2.30. The highest BCUT2D eigenvalue weighted by Crippen LogP contribution is 2.34. The SMILES string of the molecule is COCCNc1nc(C(OC)C(C)(C)C)no1. The maximum Gasteiger partial charge on any atom is 0.321 e. The van der Waals surface area contributed by atoms with Crippen LogP contribution in [0.1, 0.15) is 32.7 Å². The number of aromatic nitrogens is 2. The normalized spacial score (nSPS) is 13.7. The third-order valence-electron chi connectivity index (χ3n) is 2.28. The number of nitrogens with zero attached hydrogens (tertiary/aromatic N) is 2. The molecular weight excluding hydrogens is 222 g/mol. The average Bonchev–Trinajstić information content (AvgIpc) is 2.66. The van der Waals surface area contributed by atoms with Gasteiger partial charge in [0.15, 0.2) is 0 Å². The lowest BCUT2D eigenvalue weighted by Gasteiger charge is -2.26. The standard InChI is InChI=1S/C11H21N3O3/c1-11(2,3)8(16-5)9-13-10(17-14-9)12-6-7-15-4/h8H,6-7H2,1-5H3,(H,12,13,14). The second-order valence-corrected chi connectivity index (χ2v) is 4.86. The Labute approximate surface area is 102 Å². The zero-order valence-electron chi connectivity index (χ0n) is 11.1. The van der Waals surface area contributed by atoms with E-state index < -0.39 is 0 Å². The molecule has 0 spiro atoms. The molecule has 1 N–H and O–H groups in total. The first kappa shape index (κ1) is 13.9. The second-order valence-electron chi connectivity index (χ2n) is 4.86. The number of methoxy groups -OCH3 is 2. The van der Waals surface area contributed by atoms with Crippen LogP contribution in [0.2, 0.25) is 0 Å². The summed E-state index contributed by atoms with van der Waals surface area (Å²) in [4.78, 5) is 4.25. The van der Waals surface area contributed by atoms with E-state index in [9.17, 15) is 0 Å². The van der Waals surface area contributed by atoms with E-state index in [4.69, 9.17) is 14.0 Å². The fraction of sp³-hybridized carbons (Fsp3) is 0.818. The van der Waals surface area contributed by atoms with Gasteiger partial charge < -0.3 is 19.3 Å². The van der Waals surface area contributed by atoms with Gasteiger partial charge in [0.25, 0.3) is 0 Å². The molecule has 1 aromatic heterocycles. The van der Waals surface area contributed by atoms with Crippen molar-refractivity contribution in [2.75, 3.05) is 32.7 Å². The summed E-state index contributed by atoms with van der Waals surface area (Å²) in [7, 11) is 3.28. The molecule has 0 aliphatic carbocycles. The van der Waals surface area contributed by atoms with Crippen molar-refractivity contribution in [1.29, 1.82) is 0 Å². The predicted octanol–water partition coefficient (Wildman–Crippen LogP) is 1.86. The van der Waals surface area contributed by atoms with Crippen molar-refractivity contribution in [3.05, 3.63) is 5.82 Å². The van der Waals surface area contributed by atoms with Gasteiger partial charge in [-0.3, -0.25) is 0 Å². The van der Waals surface area contributed by atoms with Gasteiger partial charge in [-0.25, -0.2) is 0 Å². The van der Waals surface area contributed by atoms with Gasteiger partial charge in [-0.15, -0.1) is 0 Å². The summed E-state index contributed by atoms with van der Waals surface area (Å²) < 4.78 is 15.4. The van der Waals surface area contributed by atoms with Crippen molar-refractivity contribution in [2.24, 2.45) is 5.41 Å². The van der Waals surface area contributed by atoms with Crippen LogP contribution in [0.15, 0.2) is 4.52 Å². The van der Waals surface area contributed by atoms with Gasteiger partial charge in [-0.2, -0.15) is 4.98 Å². The molecule has 0 saturated heterocycles. The molecule has 0 bridgehead atoms. The third-order valence-corrected chi connectivity index (χ3v) is 2.28. The third kappa shape index (κ3) is 3.98. The van der Waals surface area contributed by atoms with Gasteiger partial charge in [0, 0.05) is 20.8 Å². The molecular formula is C11H21N3O3. The second kappa shape index (κ2) is 5.97. The first-order chi connectivity index (χ1) is 7.99. The highest BCUT2D eigenvalue weighted by molar-refractivity contribution is 5.18. The van der Waals surface area contributed by atoms with Crippen molar-refractivity contribution in [3.63, 3.8) is 0 Å². The van der Waals surface area contributed by atoms with Gasteiger partial charge in [0.2, 0.25) is 5.82 Å². The molecule has 6 nitrogen and oxygen atoms in total. The Bertz CT molecular complexity index is 333. The van der Waals surface area contributed by atoms with Crippen LogP contribution in [0.3, 0.4) is 0 Å². The molecule has 17 heavy (non-hydrogen) atoms. The first-order valence-corrected chi connectivity index (χ1v) is 5.58. The van der Waals surface area contributed by atoms with Crippen LogP contribution in [0.4, 0.5) is 6.01 Å². The van der Waals surface area contributed by atoms with E-state index >= 15 is 0 Å². The Morgan fingerprint density at radius 3 is 2.59 bits per heavy atom. The zero-order valence-corrected chi connectivity index (χ0v) is 11.1. The van der Waals surface area contributed by atoms with Gasteiger partial charge >= 0.3 is 6.01 Å². The Hall–Kier alpha value is -1.14. The van der Waals surface area contributed by atoms with Crippen LogP contribution in [-0.2, 0) is 9.47 Å². The van der Waals surface area contributed by atoms with Crippen LogP contribution in [0.5, 0.6) is 0 Å². The van der Waals surface area contributed by atoms with E-state index in [0.29, 0.717) is 25.0 Å². The summed E-state index contributed by atoms with van der Waals surface area (Å²) >= 11 is 0. The molecule has 0 fully saturated rings. The van der Waals surface area contributed by atoms with Crippen LogP contribution < -0.4 is 5.32 Å². The molecule has 1 aromatic rings. The monoisotopic (exact) mass is 243 g/mol. The molecule has 0 amide bonds. The molecule has 0 aromatic carbocycles. The van der Waals surface area contributed by atoms with Crippen molar-refractivity contribution < 1.29 is 14.0 Å². The van der Waals surface area contributed by atoms with Gasteiger partial charge in [0.1, 0.15) is 6.10 Å². The molecule has 6 heteroatoms. The molecule has 0 saturated carbocycles. The highest BCUT2D eigenvalue weighted by atomic mass is 16.5. The lowest BCUT2D eigenvalue weighted by atomic mass is 9.88. The summed E-state index contributed by atoms with van der Waals surface area (Å²) in [6.45, 7) is 7.41. The summed E-state index contributed by atoms with van der Waals surface area (Å²) in [5.74, 6) is 0.555. The van der Waals surface area contributed by atoms with Gasteiger partial charge in [0.05, 0.1) is 6.61 Å². The van der Waals surface area contributed by atoms with Crippen LogP contribution in [0, 0.1) is 5.41 Å². The predicted molar refractivity (Wildman–Crippen MR) is 63.9 cm³/mol. The maximum absolute atomic E-state index is 5.40. The maximum atomic E-state index is 5.40. The molecule has 0 aliphatic rings. The molecule has 1 rings (SSSR count). The van der Waals surface area contributed by atoms with E-state index in [0.717, 1.165) is 0 Å². The lowest BCUT2D eigenvalue weighted by molar-refractivity contribution is 0.00718. The largest absolute Gasteiger partial charge is 0.383 e.